The summed E-state index contributed by atoms with van der Waals surface area (Å²) < 4.78 is 0. The average Bonchev–Trinajstić information content (AvgIpc) is 2.44. The van der Waals surface area contributed by atoms with Crippen LogP contribution in [0.1, 0.15) is 66.2 Å². The summed E-state index contributed by atoms with van der Waals surface area (Å²) in [7, 11) is 0. The van der Waals surface area contributed by atoms with Gasteiger partial charge in [0.05, 0.1) is 0 Å². The van der Waals surface area contributed by atoms with E-state index in [0.717, 1.165) is 12.6 Å². The molecule has 0 amide bonds. The molecule has 1 aliphatic heterocycles. The van der Waals surface area contributed by atoms with Gasteiger partial charge in [0.1, 0.15) is 0 Å². The summed E-state index contributed by atoms with van der Waals surface area (Å²) in [5, 5.41) is 3.67. The highest BCUT2D eigenvalue weighted by Gasteiger charge is 2.30. The van der Waals surface area contributed by atoms with Crippen molar-refractivity contribution in [3.05, 3.63) is 0 Å². The molecule has 0 saturated carbocycles. The van der Waals surface area contributed by atoms with Crippen molar-refractivity contribution in [2.24, 2.45) is 5.41 Å². The van der Waals surface area contributed by atoms with E-state index in [9.17, 15) is 0 Å². The Morgan fingerprint density at radius 1 is 1.00 bits per heavy atom. The van der Waals surface area contributed by atoms with Gasteiger partial charge in [-0.3, -0.25) is 0 Å². The number of likely N-dealkylation sites (tertiary alicyclic amines) is 1. The molecule has 1 aliphatic rings. The standard InChI is InChI=1S/C16H34N2/c1-5-15(6-2)17-11-14-18-12-9-16(7-3,8-4)10-13-18/h15,17H,5-14H2,1-4H3. The van der Waals surface area contributed by atoms with Crippen LogP contribution in [0.2, 0.25) is 0 Å². The molecule has 108 valence electrons. The molecule has 0 aromatic heterocycles. The number of rotatable bonds is 8. The van der Waals surface area contributed by atoms with Gasteiger partial charge >= 0.3 is 0 Å². The third-order valence-electron chi connectivity index (χ3n) is 5.26. The fourth-order valence-corrected chi connectivity index (χ4v) is 3.21. The highest BCUT2D eigenvalue weighted by Crippen LogP contribution is 2.37. The summed E-state index contributed by atoms with van der Waals surface area (Å²) in [4.78, 5) is 2.65. The number of piperidine rings is 1. The van der Waals surface area contributed by atoms with E-state index in [4.69, 9.17) is 0 Å². The van der Waals surface area contributed by atoms with E-state index in [0.29, 0.717) is 5.41 Å². The van der Waals surface area contributed by atoms with Gasteiger partial charge in [0.15, 0.2) is 0 Å². The van der Waals surface area contributed by atoms with Gasteiger partial charge in [-0.25, -0.2) is 0 Å². The second-order valence-electron chi connectivity index (χ2n) is 6.02. The Morgan fingerprint density at radius 3 is 2.00 bits per heavy atom. The molecule has 0 atom stereocenters. The first-order chi connectivity index (χ1) is 8.69. The molecule has 0 unspecified atom stereocenters. The van der Waals surface area contributed by atoms with Crippen molar-refractivity contribution < 1.29 is 0 Å². The van der Waals surface area contributed by atoms with Gasteiger partial charge in [-0.05, 0) is 44.2 Å². The van der Waals surface area contributed by atoms with E-state index < -0.39 is 0 Å². The summed E-state index contributed by atoms with van der Waals surface area (Å²) in [6.07, 6.45) is 8.05. The van der Waals surface area contributed by atoms with Crippen LogP contribution in [0.3, 0.4) is 0 Å². The lowest BCUT2D eigenvalue weighted by Gasteiger charge is -2.41. The second-order valence-corrected chi connectivity index (χ2v) is 6.02. The zero-order valence-corrected chi connectivity index (χ0v) is 13.1. The zero-order chi connectivity index (χ0) is 13.4. The number of hydrogen-bond acceptors (Lipinski definition) is 2. The van der Waals surface area contributed by atoms with Crippen LogP contribution in [-0.4, -0.2) is 37.1 Å². The minimum Gasteiger partial charge on any atom is -0.313 e. The van der Waals surface area contributed by atoms with E-state index in [2.05, 4.69) is 37.9 Å². The zero-order valence-electron chi connectivity index (χ0n) is 13.1. The Bertz CT molecular complexity index is 197. The molecule has 0 aromatic carbocycles. The van der Waals surface area contributed by atoms with Crippen molar-refractivity contribution in [2.45, 2.75) is 72.3 Å². The largest absolute Gasteiger partial charge is 0.313 e. The first kappa shape index (κ1) is 16.0. The quantitative estimate of drug-likeness (QED) is 0.711. The van der Waals surface area contributed by atoms with Crippen LogP contribution in [-0.2, 0) is 0 Å². The minimum absolute atomic E-state index is 0.666. The number of hydrogen-bond donors (Lipinski definition) is 1. The molecule has 0 aromatic rings. The lowest BCUT2D eigenvalue weighted by atomic mass is 9.74. The molecule has 18 heavy (non-hydrogen) atoms. The summed E-state index contributed by atoms with van der Waals surface area (Å²) in [5.41, 5.74) is 0.666. The summed E-state index contributed by atoms with van der Waals surface area (Å²) in [6, 6.07) is 0.722. The third-order valence-corrected chi connectivity index (χ3v) is 5.26. The van der Waals surface area contributed by atoms with E-state index in [1.54, 1.807) is 0 Å². The lowest BCUT2D eigenvalue weighted by molar-refractivity contribution is 0.0954. The van der Waals surface area contributed by atoms with Gasteiger partial charge in [-0.2, -0.15) is 0 Å². The average molecular weight is 254 g/mol. The maximum Gasteiger partial charge on any atom is 0.0107 e. The van der Waals surface area contributed by atoms with E-state index in [1.165, 1.54) is 58.2 Å². The van der Waals surface area contributed by atoms with Crippen molar-refractivity contribution in [2.75, 3.05) is 26.2 Å². The van der Waals surface area contributed by atoms with E-state index in [1.807, 2.05) is 0 Å². The van der Waals surface area contributed by atoms with Crippen molar-refractivity contribution in [3.8, 4) is 0 Å². The van der Waals surface area contributed by atoms with Crippen LogP contribution in [0, 0.1) is 5.41 Å². The van der Waals surface area contributed by atoms with Crippen LogP contribution >= 0.6 is 0 Å². The van der Waals surface area contributed by atoms with Crippen LogP contribution in [0.25, 0.3) is 0 Å². The second kappa shape index (κ2) is 8.16. The fourth-order valence-electron chi connectivity index (χ4n) is 3.21. The summed E-state index contributed by atoms with van der Waals surface area (Å²) >= 11 is 0. The third kappa shape index (κ3) is 4.55. The van der Waals surface area contributed by atoms with Crippen molar-refractivity contribution >= 4 is 0 Å². The minimum atomic E-state index is 0.666. The van der Waals surface area contributed by atoms with E-state index >= 15 is 0 Å². The normalized spacial score (nSPS) is 20.5. The SMILES string of the molecule is CCC(CC)NCCN1CCC(CC)(CC)CC1. The predicted octanol–water partition coefficient (Wildman–Crippen LogP) is 3.67. The molecule has 0 spiro atoms. The Morgan fingerprint density at radius 2 is 1.56 bits per heavy atom. The maximum atomic E-state index is 3.67. The van der Waals surface area contributed by atoms with Gasteiger partial charge in [-0.1, -0.05) is 40.5 Å². The summed E-state index contributed by atoms with van der Waals surface area (Å²) in [6.45, 7) is 14.3. The highest BCUT2D eigenvalue weighted by molar-refractivity contribution is 4.84. The topological polar surface area (TPSA) is 15.3 Å². The molecule has 1 N–H and O–H groups in total. The Balaban J connectivity index is 2.19. The van der Waals surface area contributed by atoms with Gasteiger partial charge in [0.25, 0.3) is 0 Å². The van der Waals surface area contributed by atoms with Gasteiger partial charge in [0, 0.05) is 19.1 Å². The molecule has 1 heterocycles. The molecule has 2 nitrogen and oxygen atoms in total. The van der Waals surface area contributed by atoms with Crippen molar-refractivity contribution in [1.29, 1.82) is 0 Å². The first-order valence-corrected chi connectivity index (χ1v) is 8.15. The Labute approximate surface area is 115 Å². The van der Waals surface area contributed by atoms with Crippen molar-refractivity contribution in [3.63, 3.8) is 0 Å². The van der Waals surface area contributed by atoms with Gasteiger partial charge in [0.2, 0.25) is 0 Å². The van der Waals surface area contributed by atoms with Gasteiger partial charge < -0.3 is 10.2 Å². The van der Waals surface area contributed by atoms with Crippen LogP contribution in [0.4, 0.5) is 0 Å². The number of nitrogens with one attached hydrogen (secondary N) is 1. The number of nitrogens with zero attached hydrogens (tertiary/aromatic N) is 1. The van der Waals surface area contributed by atoms with E-state index in [-0.39, 0.29) is 0 Å². The lowest BCUT2D eigenvalue weighted by Crippen LogP contribution is -2.43. The molecule has 0 radical (unpaired) electrons. The highest BCUT2D eigenvalue weighted by atomic mass is 15.1. The Kier molecular flexibility index (Phi) is 7.25. The van der Waals surface area contributed by atoms with Gasteiger partial charge in [-0.15, -0.1) is 0 Å². The molecule has 0 aliphatic carbocycles. The molecule has 1 saturated heterocycles. The maximum absolute atomic E-state index is 3.67. The smallest absolute Gasteiger partial charge is 0.0107 e. The van der Waals surface area contributed by atoms with Crippen LogP contribution < -0.4 is 5.32 Å². The van der Waals surface area contributed by atoms with Crippen LogP contribution in [0.5, 0.6) is 0 Å². The monoisotopic (exact) mass is 254 g/mol. The molecule has 1 rings (SSSR count). The van der Waals surface area contributed by atoms with Crippen molar-refractivity contribution in [1.82, 2.24) is 10.2 Å². The van der Waals surface area contributed by atoms with Crippen LogP contribution in [0.15, 0.2) is 0 Å². The molecule has 1 fully saturated rings. The molecular formula is C16H34N2. The molecule has 0 bridgehead atoms. The first-order valence-electron chi connectivity index (χ1n) is 8.15. The molecule has 2 heteroatoms. The molecular weight excluding hydrogens is 220 g/mol. The fraction of sp³-hybridized carbons (Fsp3) is 1.00. The Hall–Kier alpha value is -0.0800. The summed E-state index contributed by atoms with van der Waals surface area (Å²) in [5.74, 6) is 0. The predicted molar refractivity (Wildman–Crippen MR) is 81.1 cm³/mol.